The quantitative estimate of drug-likeness (QED) is 0.0305. The fourth-order valence-electron chi connectivity index (χ4n) is 8.91. The number of carbonyl (C=O) groups is 6. The molecule has 6 N–H and O–H groups in total. The number of epoxide rings is 1. The van der Waals surface area contributed by atoms with Crippen molar-refractivity contribution >= 4 is 35.1 Å². The number of aryl methyl sites for hydroxylation is 1. The summed E-state index contributed by atoms with van der Waals surface area (Å²) in [5, 5.41) is 6.07. The number of nitrogens with zero attached hydrogens (tertiary/aromatic N) is 1. The van der Waals surface area contributed by atoms with Crippen molar-refractivity contribution in [1.82, 2.24) is 10.6 Å². The minimum absolute atomic E-state index is 0.00258. The number of amides is 2. The van der Waals surface area contributed by atoms with E-state index in [1.165, 1.54) is 13.1 Å². The molecule has 0 spiro atoms. The predicted octanol–water partition coefficient (Wildman–Crippen LogP) is 5.54. The van der Waals surface area contributed by atoms with Crippen LogP contribution in [0.25, 0.3) is 0 Å². The normalized spacial score (nSPS) is 18.3. The van der Waals surface area contributed by atoms with E-state index < -0.39 is 47.3 Å². The van der Waals surface area contributed by atoms with Crippen molar-refractivity contribution in [1.29, 1.82) is 0 Å². The Balaban J connectivity index is 1.38. The van der Waals surface area contributed by atoms with E-state index in [2.05, 4.69) is 10.6 Å². The van der Waals surface area contributed by atoms with Gasteiger partial charge in [0.2, 0.25) is 11.8 Å². The molecule has 15 heteroatoms. The maximum absolute atomic E-state index is 14.7. The number of ketones is 3. The second kappa shape index (κ2) is 25.6. The number of nitrogens with two attached hydrogens (primary N) is 2. The number of rotatable bonds is 28. The molecule has 374 valence electrons. The zero-order valence-electron chi connectivity index (χ0n) is 41.3. The van der Waals surface area contributed by atoms with Crippen LogP contribution in [-0.2, 0) is 57.6 Å². The van der Waals surface area contributed by atoms with E-state index >= 15 is 0 Å². The van der Waals surface area contributed by atoms with Gasteiger partial charge in [-0.15, -0.1) is 0 Å². The van der Waals surface area contributed by atoms with Gasteiger partial charge in [-0.25, -0.2) is 0 Å². The summed E-state index contributed by atoms with van der Waals surface area (Å²) in [5.74, 6) is -2.70. The Kier molecular flexibility index (Phi) is 20.1. The van der Waals surface area contributed by atoms with Crippen LogP contribution >= 0.6 is 0 Å². The lowest BCUT2D eigenvalue weighted by molar-refractivity contribution is -0.940. The average Bonchev–Trinajstić information content (AvgIpc) is 4.07. The molecular weight excluding hydrogens is 879 g/mol. The van der Waals surface area contributed by atoms with Crippen molar-refractivity contribution < 1.29 is 52.2 Å². The summed E-state index contributed by atoms with van der Waals surface area (Å²) in [6.07, 6.45) is 2.87. The first kappa shape index (κ1) is 54.0. The monoisotopic (exact) mass is 953 g/mol. The van der Waals surface area contributed by atoms with Crippen LogP contribution < -0.4 is 31.6 Å². The molecule has 5 rings (SSSR count). The van der Waals surface area contributed by atoms with Crippen molar-refractivity contribution in [2.45, 2.75) is 111 Å². The number of carbonyl (C=O) groups excluding carboxylic acids is 6. The highest BCUT2D eigenvalue weighted by molar-refractivity contribution is 5.98. The van der Waals surface area contributed by atoms with Crippen LogP contribution in [0, 0.1) is 23.7 Å². The molecule has 2 heterocycles. The first-order chi connectivity index (χ1) is 32.9. The molecule has 0 unspecified atom stereocenters. The third kappa shape index (κ3) is 17.2. The summed E-state index contributed by atoms with van der Waals surface area (Å²) < 4.78 is 23.0. The highest BCUT2D eigenvalue weighted by atomic mass is 16.6. The van der Waals surface area contributed by atoms with Gasteiger partial charge < -0.3 is 45.5 Å². The van der Waals surface area contributed by atoms with Gasteiger partial charge in [0.05, 0.1) is 37.6 Å². The van der Waals surface area contributed by atoms with Crippen molar-refractivity contribution in [2.75, 3.05) is 46.1 Å². The summed E-state index contributed by atoms with van der Waals surface area (Å²) in [6.45, 7) is 13.6. The maximum atomic E-state index is 14.7. The van der Waals surface area contributed by atoms with Gasteiger partial charge in [-0.05, 0) is 74.1 Å². The van der Waals surface area contributed by atoms with E-state index in [1.807, 2.05) is 88.4 Å². The standard InChI is InChI=1S/C54H73N5O10/c1-36(2)25-47(49(62)29-43(27-40-15-11-8-12-16-40)53(65)58-48(26-37(3)4)51(63)54(6)35-68-54)57-52(64)41(18-17-39-13-9-7-10-14-39)28-45(61)33-59(21-23-66-24-22-59)32-42-19-20-46(69-38(5)60)30-50(42)67-34-44(56)31-55/h7-16,19-20,30-31,36-37,41,43,47-48H,17-18,21-29,32-35,55-56H2,1-6H3,(H-,57,58,64,65)/p+1/b44-31-/t41-,43-,47+,48+,54-/m1/s1. The number of morpholine rings is 1. The van der Waals surface area contributed by atoms with Crippen molar-refractivity contribution in [2.24, 2.45) is 35.1 Å². The summed E-state index contributed by atoms with van der Waals surface area (Å²) in [7, 11) is 0. The van der Waals surface area contributed by atoms with Crippen LogP contribution in [0.15, 0.2) is 90.8 Å². The molecule has 2 aliphatic rings. The second-order valence-corrected chi connectivity index (χ2v) is 19.9. The minimum atomic E-state index is -0.941. The molecule has 2 amide bonds. The van der Waals surface area contributed by atoms with Gasteiger partial charge in [-0.1, -0.05) is 88.4 Å². The van der Waals surface area contributed by atoms with E-state index in [0.29, 0.717) is 86.8 Å². The number of esters is 1. The lowest BCUT2D eigenvalue weighted by Crippen LogP contribution is -2.57. The van der Waals surface area contributed by atoms with Gasteiger partial charge in [0, 0.05) is 49.4 Å². The van der Waals surface area contributed by atoms with Gasteiger partial charge in [-0.3, -0.25) is 28.8 Å². The Bertz CT molecular complexity index is 2240. The van der Waals surface area contributed by atoms with Crippen LogP contribution in [0.4, 0.5) is 0 Å². The minimum Gasteiger partial charge on any atom is -0.487 e. The predicted molar refractivity (Wildman–Crippen MR) is 262 cm³/mol. The number of quaternary nitrogens is 1. The highest BCUT2D eigenvalue weighted by Crippen LogP contribution is 2.32. The third-order valence-corrected chi connectivity index (χ3v) is 12.8. The van der Waals surface area contributed by atoms with Crippen molar-refractivity contribution in [3.05, 3.63) is 107 Å². The van der Waals surface area contributed by atoms with E-state index in [0.717, 1.165) is 16.7 Å². The molecule has 3 aromatic carbocycles. The van der Waals surface area contributed by atoms with Gasteiger partial charge in [0.15, 0.2) is 17.3 Å². The number of hydrogen-bond donors (Lipinski definition) is 4. The van der Waals surface area contributed by atoms with Crippen LogP contribution in [0.2, 0.25) is 0 Å². The van der Waals surface area contributed by atoms with E-state index in [-0.39, 0.29) is 61.6 Å². The molecule has 0 aliphatic carbocycles. The number of Topliss-reactive ketones (excluding diaryl/α,β-unsaturated/α-hetero) is 3. The molecule has 0 bridgehead atoms. The summed E-state index contributed by atoms with van der Waals surface area (Å²) >= 11 is 0. The molecule has 3 aromatic rings. The number of nitrogens with one attached hydrogen (secondary N) is 2. The molecule has 2 fully saturated rings. The zero-order valence-corrected chi connectivity index (χ0v) is 41.3. The fourth-order valence-corrected chi connectivity index (χ4v) is 8.91. The second-order valence-electron chi connectivity index (χ2n) is 19.9. The maximum Gasteiger partial charge on any atom is 0.308 e. The highest BCUT2D eigenvalue weighted by Gasteiger charge is 2.50. The SMILES string of the molecule is CC(=O)Oc1ccc(C[N+]2(CC(=O)C[C@@H](CCc3ccccc3)C(=O)N[C@@H](CC(C)C)C(=O)C[C@@H](Cc3ccccc3)C(=O)N[C@@H](CC(C)C)C(=O)[C@@]3(C)CO3)CCOCC2)c(OC/C(N)=C/N)c1. The summed E-state index contributed by atoms with van der Waals surface area (Å²) in [4.78, 5) is 83.3. The number of benzene rings is 3. The van der Waals surface area contributed by atoms with Crippen molar-refractivity contribution in [3.8, 4) is 11.5 Å². The molecule has 15 nitrogen and oxygen atoms in total. The topological polar surface area (TPSA) is 219 Å². The molecule has 2 saturated heterocycles. The largest absolute Gasteiger partial charge is 0.487 e. The van der Waals surface area contributed by atoms with E-state index in [1.54, 1.807) is 25.1 Å². The summed E-state index contributed by atoms with van der Waals surface area (Å²) in [5.41, 5.74) is 13.6. The van der Waals surface area contributed by atoms with Crippen LogP contribution in [0.5, 0.6) is 11.5 Å². The Labute approximate surface area is 407 Å². The lowest BCUT2D eigenvalue weighted by atomic mass is 9.87. The Morgan fingerprint density at radius 1 is 0.812 bits per heavy atom. The summed E-state index contributed by atoms with van der Waals surface area (Å²) in [6, 6.07) is 22.5. The van der Waals surface area contributed by atoms with Gasteiger partial charge in [0.25, 0.3) is 0 Å². The fraction of sp³-hybridized carbons (Fsp3) is 0.519. The lowest BCUT2D eigenvalue weighted by Gasteiger charge is -2.41. The van der Waals surface area contributed by atoms with Crippen molar-refractivity contribution in [3.63, 3.8) is 0 Å². The zero-order chi connectivity index (χ0) is 50.1. The number of ether oxygens (including phenoxy) is 4. The van der Waals surface area contributed by atoms with Gasteiger partial charge in [0.1, 0.15) is 49.9 Å². The van der Waals surface area contributed by atoms with E-state index in [4.69, 9.17) is 30.4 Å². The molecule has 0 radical (unpaired) electrons. The average molecular weight is 953 g/mol. The molecule has 69 heavy (non-hydrogen) atoms. The molecule has 5 atom stereocenters. The van der Waals surface area contributed by atoms with Crippen LogP contribution in [-0.4, -0.2) is 103 Å². The molecular formula is C54H74N5O10+. The smallest absolute Gasteiger partial charge is 0.308 e. The number of hydrogen-bond acceptors (Lipinski definition) is 12. The molecule has 2 aliphatic heterocycles. The first-order valence-corrected chi connectivity index (χ1v) is 24.3. The molecule has 0 aromatic heterocycles. The Hall–Kier alpha value is -5.90. The van der Waals surface area contributed by atoms with E-state index in [9.17, 15) is 28.8 Å². The molecule has 0 saturated carbocycles. The Morgan fingerprint density at radius 3 is 2.00 bits per heavy atom. The van der Waals surface area contributed by atoms with Gasteiger partial charge >= 0.3 is 5.97 Å². The Morgan fingerprint density at radius 2 is 1.41 bits per heavy atom. The van der Waals surface area contributed by atoms with Gasteiger partial charge in [-0.2, -0.15) is 0 Å². The first-order valence-electron chi connectivity index (χ1n) is 24.3. The third-order valence-electron chi connectivity index (χ3n) is 12.8. The van der Waals surface area contributed by atoms with Crippen LogP contribution in [0.1, 0.15) is 90.3 Å². The van der Waals surface area contributed by atoms with Crippen LogP contribution in [0.3, 0.4) is 0 Å².